The topological polar surface area (TPSA) is 52.6 Å². The average Bonchev–Trinajstić information content (AvgIpc) is 2.36. The predicted octanol–water partition coefficient (Wildman–Crippen LogP) is 3.34. The van der Waals surface area contributed by atoms with E-state index in [2.05, 4.69) is 6.08 Å². The molecule has 0 unspecified atom stereocenters. The fourth-order valence-corrected chi connectivity index (χ4v) is 1.39. The number of allylic oxidation sites excluding steroid dienone is 4. The van der Waals surface area contributed by atoms with E-state index >= 15 is 0 Å². The van der Waals surface area contributed by atoms with E-state index in [1.54, 1.807) is 13.0 Å². The largest absolute Gasteiger partial charge is 0.463 e. The van der Waals surface area contributed by atoms with Gasteiger partial charge < -0.3 is 9.47 Å². The van der Waals surface area contributed by atoms with Crippen molar-refractivity contribution in [2.24, 2.45) is 0 Å². The van der Waals surface area contributed by atoms with Crippen molar-refractivity contribution in [2.75, 3.05) is 13.2 Å². The van der Waals surface area contributed by atoms with Gasteiger partial charge in [-0.15, -0.1) is 0 Å². The fourth-order valence-electron chi connectivity index (χ4n) is 1.39. The van der Waals surface area contributed by atoms with Gasteiger partial charge in [-0.05, 0) is 39.7 Å². The lowest BCUT2D eigenvalue weighted by Gasteiger charge is -2.00. The molecule has 0 bridgehead atoms. The maximum absolute atomic E-state index is 11.1. The van der Waals surface area contributed by atoms with Crippen LogP contribution in [0.15, 0.2) is 35.5 Å². The molecular weight excluding hydrogens is 256 g/mol. The summed E-state index contributed by atoms with van der Waals surface area (Å²) in [5, 5.41) is 0. The molecule has 0 heterocycles. The zero-order chi connectivity index (χ0) is 15.4. The van der Waals surface area contributed by atoms with Crippen molar-refractivity contribution in [3.8, 4) is 0 Å². The van der Waals surface area contributed by atoms with Gasteiger partial charge in [0.15, 0.2) is 0 Å². The van der Waals surface area contributed by atoms with E-state index in [1.807, 2.05) is 19.9 Å². The first-order valence-corrected chi connectivity index (χ1v) is 6.76. The molecule has 0 aliphatic carbocycles. The minimum absolute atomic E-state index is 0.270. The van der Waals surface area contributed by atoms with Gasteiger partial charge >= 0.3 is 11.9 Å². The molecule has 112 valence electrons. The van der Waals surface area contributed by atoms with Crippen molar-refractivity contribution in [2.45, 2.75) is 40.5 Å². The number of carbonyl (C=O) groups is 2. The molecule has 0 amide bonds. The van der Waals surface area contributed by atoms with Crippen LogP contribution in [0.5, 0.6) is 0 Å². The molecule has 0 fully saturated rings. The Hall–Kier alpha value is -1.84. The Balaban J connectivity index is 4.04. The van der Waals surface area contributed by atoms with Crippen LogP contribution in [0, 0.1) is 0 Å². The third kappa shape index (κ3) is 11.3. The van der Waals surface area contributed by atoms with E-state index in [0.717, 1.165) is 18.4 Å². The second-order valence-electron chi connectivity index (χ2n) is 4.43. The third-order valence-electron chi connectivity index (χ3n) is 2.49. The molecule has 0 atom stereocenters. The molecule has 0 aliphatic heterocycles. The number of ether oxygens (including phenoxy) is 2. The summed E-state index contributed by atoms with van der Waals surface area (Å²) >= 11 is 0. The van der Waals surface area contributed by atoms with Gasteiger partial charge in [-0.3, -0.25) is 4.79 Å². The summed E-state index contributed by atoms with van der Waals surface area (Å²) in [6.45, 7) is 7.82. The molecule has 0 N–H and O–H groups in total. The summed E-state index contributed by atoms with van der Waals surface area (Å²) in [7, 11) is 0. The molecule has 0 aromatic heterocycles. The van der Waals surface area contributed by atoms with Crippen molar-refractivity contribution < 1.29 is 19.1 Å². The molecule has 4 heteroatoms. The Morgan fingerprint density at radius 1 is 1.00 bits per heavy atom. The number of carbonyl (C=O) groups excluding carboxylic acids is 2. The summed E-state index contributed by atoms with van der Waals surface area (Å²) in [6, 6.07) is 0. The quantitative estimate of drug-likeness (QED) is 0.296. The van der Waals surface area contributed by atoms with E-state index in [0.29, 0.717) is 13.2 Å². The lowest BCUT2D eigenvalue weighted by atomic mass is 10.1. The van der Waals surface area contributed by atoms with Crippen LogP contribution in [0.1, 0.15) is 40.5 Å². The number of rotatable bonds is 8. The Kier molecular flexibility index (Phi) is 10.0. The molecule has 4 nitrogen and oxygen atoms in total. The Bertz CT molecular complexity index is 403. The lowest BCUT2D eigenvalue weighted by molar-refractivity contribution is -0.140. The highest BCUT2D eigenvalue weighted by atomic mass is 16.5. The Morgan fingerprint density at radius 2 is 1.70 bits per heavy atom. The first kappa shape index (κ1) is 18.2. The molecule has 0 aliphatic rings. The normalized spacial score (nSPS) is 12.6. The SMILES string of the molecule is CCOC(=O)/C=C/C(C)=C/CC/C(C)=C/COC(C)=O. The van der Waals surface area contributed by atoms with E-state index in [-0.39, 0.29) is 11.9 Å². The number of hydrogen-bond acceptors (Lipinski definition) is 4. The highest BCUT2D eigenvalue weighted by molar-refractivity contribution is 5.82. The van der Waals surface area contributed by atoms with Gasteiger partial charge in [0.05, 0.1) is 6.61 Å². The zero-order valence-corrected chi connectivity index (χ0v) is 12.8. The van der Waals surface area contributed by atoms with Gasteiger partial charge in [0.2, 0.25) is 0 Å². The predicted molar refractivity (Wildman–Crippen MR) is 79.2 cm³/mol. The highest BCUT2D eigenvalue weighted by Crippen LogP contribution is 2.07. The van der Waals surface area contributed by atoms with Crippen LogP contribution >= 0.6 is 0 Å². The number of esters is 2. The standard InChI is InChI=1S/C16H24O4/c1-5-19-16(18)10-9-13(2)7-6-8-14(3)11-12-20-15(4)17/h7,9-11H,5-6,8,12H2,1-4H3/b10-9+,13-7+,14-11+. The molecule has 0 rings (SSSR count). The van der Waals surface area contributed by atoms with E-state index in [1.165, 1.54) is 18.6 Å². The smallest absolute Gasteiger partial charge is 0.330 e. The summed E-state index contributed by atoms with van der Waals surface area (Å²) in [6.07, 6.45) is 8.90. The van der Waals surface area contributed by atoms with Crippen LogP contribution in [0.3, 0.4) is 0 Å². The Morgan fingerprint density at radius 3 is 2.30 bits per heavy atom. The molecule has 0 spiro atoms. The van der Waals surface area contributed by atoms with Crippen molar-refractivity contribution in [3.63, 3.8) is 0 Å². The van der Waals surface area contributed by atoms with Crippen molar-refractivity contribution in [3.05, 3.63) is 35.5 Å². The van der Waals surface area contributed by atoms with Gasteiger partial charge in [0, 0.05) is 13.0 Å². The number of hydrogen-bond donors (Lipinski definition) is 0. The van der Waals surface area contributed by atoms with Crippen LogP contribution in [-0.4, -0.2) is 25.2 Å². The average molecular weight is 280 g/mol. The van der Waals surface area contributed by atoms with Gasteiger partial charge in [-0.2, -0.15) is 0 Å². The summed E-state index contributed by atoms with van der Waals surface area (Å²) in [5.74, 6) is -0.591. The minimum atomic E-state index is -0.322. The molecule has 0 aromatic carbocycles. The molecule has 0 aromatic rings. The van der Waals surface area contributed by atoms with Crippen molar-refractivity contribution >= 4 is 11.9 Å². The fraction of sp³-hybridized carbons (Fsp3) is 0.500. The molecule has 0 saturated carbocycles. The van der Waals surface area contributed by atoms with Crippen LogP contribution in [0.4, 0.5) is 0 Å². The first-order valence-electron chi connectivity index (χ1n) is 6.76. The van der Waals surface area contributed by atoms with Crippen molar-refractivity contribution in [1.82, 2.24) is 0 Å². The van der Waals surface area contributed by atoms with Crippen LogP contribution in [0.25, 0.3) is 0 Å². The summed E-state index contributed by atoms with van der Waals surface area (Å²) in [5.41, 5.74) is 2.19. The third-order valence-corrected chi connectivity index (χ3v) is 2.49. The maximum Gasteiger partial charge on any atom is 0.330 e. The molecule has 0 saturated heterocycles. The van der Waals surface area contributed by atoms with Gasteiger partial charge in [-0.25, -0.2) is 4.79 Å². The monoisotopic (exact) mass is 280 g/mol. The Labute approximate surface area is 121 Å². The molecule has 0 radical (unpaired) electrons. The second kappa shape index (κ2) is 11.0. The van der Waals surface area contributed by atoms with Crippen LogP contribution < -0.4 is 0 Å². The van der Waals surface area contributed by atoms with E-state index in [4.69, 9.17) is 9.47 Å². The van der Waals surface area contributed by atoms with Gasteiger partial charge in [0.25, 0.3) is 0 Å². The molecule has 20 heavy (non-hydrogen) atoms. The van der Waals surface area contributed by atoms with Gasteiger partial charge in [0.1, 0.15) is 6.61 Å². The van der Waals surface area contributed by atoms with Crippen LogP contribution in [-0.2, 0) is 19.1 Å². The maximum atomic E-state index is 11.1. The van der Waals surface area contributed by atoms with E-state index < -0.39 is 0 Å². The molecular formula is C16H24O4. The van der Waals surface area contributed by atoms with Crippen molar-refractivity contribution in [1.29, 1.82) is 0 Å². The lowest BCUT2D eigenvalue weighted by Crippen LogP contribution is -1.98. The second-order valence-corrected chi connectivity index (χ2v) is 4.43. The summed E-state index contributed by atoms with van der Waals surface area (Å²) in [4.78, 5) is 21.7. The van der Waals surface area contributed by atoms with E-state index in [9.17, 15) is 9.59 Å². The van der Waals surface area contributed by atoms with Gasteiger partial charge in [-0.1, -0.05) is 23.3 Å². The van der Waals surface area contributed by atoms with Crippen LogP contribution in [0.2, 0.25) is 0 Å². The minimum Gasteiger partial charge on any atom is -0.463 e. The highest BCUT2D eigenvalue weighted by Gasteiger charge is 1.94. The first-order chi connectivity index (χ1) is 9.45. The summed E-state index contributed by atoms with van der Waals surface area (Å²) < 4.78 is 9.63. The zero-order valence-electron chi connectivity index (χ0n) is 12.8.